The van der Waals surface area contributed by atoms with Gasteiger partial charge >= 0.3 is 0 Å². The van der Waals surface area contributed by atoms with E-state index in [0.717, 1.165) is 12.8 Å². The van der Waals surface area contributed by atoms with Crippen molar-refractivity contribution < 1.29 is 13.2 Å². The molecule has 1 aromatic heterocycles. The first kappa shape index (κ1) is 16.2. The monoisotopic (exact) mass is 313 g/mol. The molecule has 118 valence electrons. The number of sulfonamides is 1. The molecule has 0 unspecified atom stereocenters. The molecule has 1 fully saturated rings. The van der Waals surface area contributed by atoms with E-state index in [0.29, 0.717) is 37.0 Å². The molecule has 7 heteroatoms. The zero-order valence-electron chi connectivity index (χ0n) is 12.6. The SMILES string of the molecule is CCNc1cc(S(=O)(=O)N2CCC(OCC)CC2)ccn1. The van der Waals surface area contributed by atoms with Crippen LogP contribution >= 0.6 is 0 Å². The second kappa shape index (κ2) is 7.20. The molecule has 2 rings (SSSR count). The summed E-state index contributed by atoms with van der Waals surface area (Å²) < 4.78 is 32.4. The summed E-state index contributed by atoms with van der Waals surface area (Å²) in [6.07, 6.45) is 3.20. The van der Waals surface area contributed by atoms with Crippen LogP contribution in [-0.4, -0.2) is 50.1 Å². The average molecular weight is 313 g/mol. The van der Waals surface area contributed by atoms with Gasteiger partial charge in [0, 0.05) is 38.5 Å². The largest absolute Gasteiger partial charge is 0.378 e. The Balaban J connectivity index is 2.10. The molecule has 0 atom stereocenters. The van der Waals surface area contributed by atoms with E-state index in [-0.39, 0.29) is 6.10 Å². The molecule has 2 heterocycles. The quantitative estimate of drug-likeness (QED) is 0.865. The third-order valence-corrected chi connectivity index (χ3v) is 5.43. The molecule has 1 aliphatic rings. The molecule has 1 aliphatic heterocycles. The van der Waals surface area contributed by atoms with Crippen molar-refractivity contribution >= 4 is 15.8 Å². The summed E-state index contributed by atoms with van der Waals surface area (Å²) in [5.41, 5.74) is 0. The molecular weight excluding hydrogens is 290 g/mol. The number of pyridine rings is 1. The van der Waals surface area contributed by atoms with Crippen LogP contribution in [0.4, 0.5) is 5.82 Å². The summed E-state index contributed by atoms with van der Waals surface area (Å²) in [5, 5.41) is 3.03. The lowest BCUT2D eigenvalue weighted by Crippen LogP contribution is -2.40. The van der Waals surface area contributed by atoms with E-state index in [1.54, 1.807) is 12.1 Å². The molecule has 21 heavy (non-hydrogen) atoms. The van der Waals surface area contributed by atoms with Crippen LogP contribution in [0.3, 0.4) is 0 Å². The lowest BCUT2D eigenvalue weighted by molar-refractivity contribution is 0.0290. The fourth-order valence-electron chi connectivity index (χ4n) is 2.47. The van der Waals surface area contributed by atoms with Gasteiger partial charge in [0.1, 0.15) is 5.82 Å². The van der Waals surface area contributed by atoms with E-state index < -0.39 is 10.0 Å². The molecule has 0 amide bonds. The molecule has 0 spiro atoms. The van der Waals surface area contributed by atoms with Gasteiger partial charge in [-0.2, -0.15) is 4.31 Å². The lowest BCUT2D eigenvalue weighted by Gasteiger charge is -2.31. The van der Waals surface area contributed by atoms with E-state index in [2.05, 4.69) is 10.3 Å². The minimum Gasteiger partial charge on any atom is -0.378 e. The van der Waals surface area contributed by atoms with Crippen LogP contribution in [-0.2, 0) is 14.8 Å². The lowest BCUT2D eigenvalue weighted by atomic mass is 10.1. The van der Waals surface area contributed by atoms with Crippen molar-refractivity contribution in [1.82, 2.24) is 9.29 Å². The Labute approximate surface area is 126 Å². The maximum atomic E-state index is 12.6. The molecule has 0 saturated carbocycles. The molecule has 0 aliphatic carbocycles. The van der Waals surface area contributed by atoms with E-state index >= 15 is 0 Å². The molecule has 1 aromatic rings. The Hall–Kier alpha value is -1.18. The summed E-state index contributed by atoms with van der Waals surface area (Å²) in [6.45, 7) is 6.30. The normalized spacial score (nSPS) is 17.8. The van der Waals surface area contributed by atoms with Crippen LogP contribution in [0.5, 0.6) is 0 Å². The Morgan fingerprint density at radius 1 is 1.38 bits per heavy atom. The van der Waals surface area contributed by atoms with Crippen molar-refractivity contribution in [2.75, 3.05) is 31.6 Å². The number of anilines is 1. The van der Waals surface area contributed by atoms with Gasteiger partial charge in [-0.15, -0.1) is 0 Å². The average Bonchev–Trinajstić information content (AvgIpc) is 2.49. The number of hydrogen-bond donors (Lipinski definition) is 1. The third-order valence-electron chi connectivity index (χ3n) is 3.53. The van der Waals surface area contributed by atoms with Gasteiger partial charge in [0.2, 0.25) is 10.0 Å². The minimum absolute atomic E-state index is 0.177. The van der Waals surface area contributed by atoms with Crippen molar-refractivity contribution in [1.29, 1.82) is 0 Å². The zero-order valence-corrected chi connectivity index (χ0v) is 13.4. The van der Waals surface area contributed by atoms with E-state index in [4.69, 9.17) is 4.74 Å². The van der Waals surface area contributed by atoms with Gasteiger partial charge in [-0.3, -0.25) is 0 Å². The first-order chi connectivity index (χ1) is 10.1. The van der Waals surface area contributed by atoms with Crippen molar-refractivity contribution in [3.63, 3.8) is 0 Å². The molecular formula is C14H23N3O3S. The predicted molar refractivity (Wildman–Crippen MR) is 81.8 cm³/mol. The van der Waals surface area contributed by atoms with Gasteiger partial charge in [0.15, 0.2) is 0 Å². The van der Waals surface area contributed by atoms with Crippen molar-refractivity contribution in [2.45, 2.75) is 37.7 Å². The number of nitrogens with zero attached hydrogens (tertiary/aromatic N) is 2. The minimum atomic E-state index is -3.44. The highest BCUT2D eigenvalue weighted by molar-refractivity contribution is 7.89. The number of aromatic nitrogens is 1. The summed E-state index contributed by atoms with van der Waals surface area (Å²) in [7, 11) is -3.44. The summed E-state index contributed by atoms with van der Waals surface area (Å²) in [5.74, 6) is 0.586. The maximum absolute atomic E-state index is 12.6. The highest BCUT2D eigenvalue weighted by atomic mass is 32.2. The predicted octanol–water partition coefficient (Wildman–Crippen LogP) is 1.70. The fraction of sp³-hybridized carbons (Fsp3) is 0.643. The second-order valence-corrected chi connectivity index (χ2v) is 6.90. The molecule has 0 aromatic carbocycles. The molecule has 6 nitrogen and oxygen atoms in total. The van der Waals surface area contributed by atoms with E-state index in [9.17, 15) is 8.42 Å². The van der Waals surface area contributed by atoms with Crippen LogP contribution in [0, 0.1) is 0 Å². The van der Waals surface area contributed by atoms with Crippen molar-refractivity contribution in [2.24, 2.45) is 0 Å². The van der Waals surface area contributed by atoms with Crippen LogP contribution in [0.1, 0.15) is 26.7 Å². The number of hydrogen-bond acceptors (Lipinski definition) is 5. The first-order valence-electron chi connectivity index (χ1n) is 7.39. The maximum Gasteiger partial charge on any atom is 0.243 e. The Kier molecular flexibility index (Phi) is 5.55. The van der Waals surface area contributed by atoms with E-state index in [1.165, 1.54) is 10.5 Å². The number of ether oxygens (including phenoxy) is 1. The van der Waals surface area contributed by atoms with Gasteiger partial charge in [-0.25, -0.2) is 13.4 Å². The van der Waals surface area contributed by atoms with Crippen LogP contribution in [0.2, 0.25) is 0 Å². The Morgan fingerprint density at radius 2 is 2.10 bits per heavy atom. The zero-order chi connectivity index (χ0) is 15.3. The summed E-state index contributed by atoms with van der Waals surface area (Å²) >= 11 is 0. The third kappa shape index (κ3) is 3.93. The fourth-order valence-corrected chi connectivity index (χ4v) is 3.96. The van der Waals surface area contributed by atoms with Gasteiger partial charge in [0.25, 0.3) is 0 Å². The number of piperidine rings is 1. The van der Waals surface area contributed by atoms with Gasteiger partial charge in [-0.05, 0) is 32.8 Å². The topological polar surface area (TPSA) is 71.5 Å². The summed E-state index contributed by atoms with van der Waals surface area (Å²) in [4.78, 5) is 4.40. The standard InChI is InChI=1S/C14H23N3O3S/c1-3-15-14-11-13(5-8-16-14)21(18,19)17-9-6-12(7-10-17)20-4-2/h5,8,11-12H,3-4,6-7,9-10H2,1-2H3,(H,15,16). The second-order valence-electron chi connectivity index (χ2n) is 4.97. The van der Waals surface area contributed by atoms with Crippen LogP contribution in [0.15, 0.2) is 23.2 Å². The molecule has 1 N–H and O–H groups in total. The van der Waals surface area contributed by atoms with Crippen molar-refractivity contribution in [3.8, 4) is 0 Å². The van der Waals surface area contributed by atoms with E-state index in [1.807, 2.05) is 13.8 Å². The number of nitrogens with one attached hydrogen (secondary N) is 1. The number of rotatable bonds is 6. The van der Waals surface area contributed by atoms with Crippen LogP contribution in [0.25, 0.3) is 0 Å². The highest BCUT2D eigenvalue weighted by Gasteiger charge is 2.29. The highest BCUT2D eigenvalue weighted by Crippen LogP contribution is 2.23. The van der Waals surface area contributed by atoms with Gasteiger partial charge in [-0.1, -0.05) is 0 Å². The van der Waals surface area contributed by atoms with Gasteiger partial charge in [0.05, 0.1) is 11.0 Å². The molecule has 0 bridgehead atoms. The van der Waals surface area contributed by atoms with Crippen LogP contribution < -0.4 is 5.32 Å². The first-order valence-corrected chi connectivity index (χ1v) is 8.83. The van der Waals surface area contributed by atoms with Gasteiger partial charge < -0.3 is 10.1 Å². The van der Waals surface area contributed by atoms with Crippen molar-refractivity contribution in [3.05, 3.63) is 18.3 Å². The smallest absolute Gasteiger partial charge is 0.243 e. The Morgan fingerprint density at radius 3 is 2.71 bits per heavy atom. The Bertz CT molecular complexity index is 554. The molecule has 1 saturated heterocycles. The summed E-state index contributed by atoms with van der Waals surface area (Å²) in [6, 6.07) is 3.14. The molecule has 0 radical (unpaired) electrons.